The molecule has 2 atom stereocenters. The van der Waals surface area contributed by atoms with Crippen LogP contribution < -0.4 is 0 Å². The van der Waals surface area contributed by atoms with Gasteiger partial charge >= 0.3 is 0 Å². The van der Waals surface area contributed by atoms with Crippen LogP contribution in [0.2, 0.25) is 0 Å². The topological polar surface area (TPSA) is 20.3 Å². The fourth-order valence-corrected chi connectivity index (χ4v) is 3.51. The first-order chi connectivity index (χ1) is 8.47. The van der Waals surface area contributed by atoms with Crippen molar-refractivity contribution in [1.29, 1.82) is 0 Å². The van der Waals surface area contributed by atoms with Gasteiger partial charge in [-0.2, -0.15) is 0 Å². The van der Waals surface area contributed by atoms with E-state index in [1.165, 1.54) is 12.8 Å². The second-order valence-electron chi connectivity index (χ2n) is 5.94. The Labute approximate surface area is 121 Å². The average Bonchev–Trinajstić information content (AvgIpc) is 2.72. The van der Waals surface area contributed by atoms with E-state index in [0.717, 1.165) is 18.7 Å². The number of hydrogen-bond acceptors (Lipinski definition) is 4. The van der Waals surface area contributed by atoms with Gasteiger partial charge in [0.15, 0.2) is 5.78 Å². The van der Waals surface area contributed by atoms with Crippen LogP contribution >= 0.6 is 22.5 Å². The summed E-state index contributed by atoms with van der Waals surface area (Å²) < 4.78 is 0. The summed E-state index contributed by atoms with van der Waals surface area (Å²) in [6.45, 7) is 9.54. The van der Waals surface area contributed by atoms with Crippen molar-refractivity contribution in [2.45, 2.75) is 59.0 Å². The van der Waals surface area contributed by atoms with Crippen LogP contribution in [0.3, 0.4) is 0 Å². The van der Waals surface area contributed by atoms with Crippen LogP contribution in [0.25, 0.3) is 0 Å². The lowest BCUT2D eigenvalue weighted by atomic mass is 9.94. The molecular weight excluding hydrogens is 262 g/mol. The van der Waals surface area contributed by atoms with Crippen LogP contribution in [0.4, 0.5) is 0 Å². The third kappa shape index (κ3) is 4.46. The van der Waals surface area contributed by atoms with Gasteiger partial charge in [-0.15, -0.1) is 11.7 Å². The van der Waals surface area contributed by atoms with Gasteiger partial charge in [-0.25, -0.2) is 0 Å². The van der Waals surface area contributed by atoms with Crippen LogP contribution in [-0.2, 0) is 4.79 Å². The summed E-state index contributed by atoms with van der Waals surface area (Å²) >= 11 is 4.18. The smallest absolute Gasteiger partial charge is 0.152 e. The van der Waals surface area contributed by atoms with Gasteiger partial charge in [-0.1, -0.05) is 24.6 Å². The van der Waals surface area contributed by atoms with Crippen LogP contribution in [0.1, 0.15) is 47.0 Å². The van der Waals surface area contributed by atoms with Crippen molar-refractivity contribution in [2.75, 3.05) is 12.3 Å². The van der Waals surface area contributed by atoms with E-state index >= 15 is 0 Å². The Morgan fingerprint density at radius 1 is 1.39 bits per heavy atom. The Morgan fingerprint density at radius 3 is 2.56 bits per heavy atom. The van der Waals surface area contributed by atoms with Gasteiger partial charge in [-0.05, 0) is 39.0 Å². The minimum Gasteiger partial charge on any atom is -0.298 e. The van der Waals surface area contributed by atoms with Crippen LogP contribution in [0, 0.1) is 11.8 Å². The number of Topliss-reactive ketones (excluding diaryl/α,β-unsaturated/α-hetero) is 1. The minimum absolute atomic E-state index is 0.156. The zero-order valence-corrected chi connectivity index (χ0v) is 13.8. The molecule has 0 aromatic rings. The largest absolute Gasteiger partial charge is 0.298 e. The summed E-state index contributed by atoms with van der Waals surface area (Å²) in [6.07, 6.45) is 3.51. The van der Waals surface area contributed by atoms with Gasteiger partial charge < -0.3 is 0 Å². The molecular formula is C14H27NOS2. The molecule has 0 aromatic carbocycles. The first-order valence-corrected chi connectivity index (χ1v) is 9.07. The van der Waals surface area contributed by atoms with Crippen LogP contribution in [-0.4, -0.2) is 35.1 Å². The van der Waals surface area contributed by atoms with Crippen LogP contribution in [0.5, 0.6) is 0 Å². The third-order valence-electron chi connectivity index (χ3n) is 3.83. The molecule has 0 unspecified atom stereocenters. The van der Waals surface area contributed by atoms with E-state index in [9.17, 15) is 4.79 Å². The zero-order valence-electron chi connectivity index (χ0n) is 12.1. The number of ketones is 1. The summed E-state index contributed by atoms with van der Waals surface area (Å²) in [5.41, 5.74) is 0. The number of rotatable bonds is 7. The number of hydrogen-bond donors (Lipinski definition) is 1. The highest BCUT2D eigenvalue weighted by molar-refractivity contribution is 8.68. The van der Waals surface area contributed by atoms with Crippen molar-refractivity contribution in [3.8, 4) is 0 Å². The van der Waals surface area contributed by atoms with Crippen molar-refractivity contribution in [3.05, 3.63) is 0 Å². The maximum Gasteiger partial charge on any atom is 0.152 e. The maximum absolute atomic E-state index is 12.3. The molecule has 1 aliphatic rings. The lowest BCUT2D eigenvalue weighted by Gasteiger charge is -2.28. The summed E-state index contributed by atoms with van der Waals surface area (Å²) in [4.78, 5) is 14.7. The van der Waals surface area contributed by atoms with Crippen molar-refractivity contribution >= 4 is 28.2 Å². The quantitative estimate of drug-likeness (QED) is 0.439. The fourth-order valence-electron chi connectivity index (χ4n) is 2.83. The molecule has 0 radical (unpaired) electrons. The number of nitrogens with zero attached hydrogens (tertiary/aromatic N) is 1. The van der Waals surface area contributed by atoms with Crippen molar-refractivity contribution in [2.24, 2.45) is 11.8 Å². The lowest BCUT2D eigenvalue weighted by Crippen LogP contribution is -2.42. The van der Waals surface area contributed by atoms with E-state index in [0.29, 0.717) is 17.7 Å². The molecule has 18 heavy (non-hydrogen) atoms. The highest BCUT2D eigenvalue weighted by Gasteiger charge is 2.37. The Morgan fingerprint density at radius 2 is 2.06 bits per heavy atom. The zero-order chi connectivity index (χ0) is 13.7. The van der Waals surface area contributed by atoms with E-state index < -0.39 is 0 Å². The molecule has 106 valence electrons. The summed E-state index contributed by atoms with van der Waals surface area (Å²) in [7, 11) is 1.62. The third-order valence-corrected chi connectivity index (χ3v) is 4.85. The van der Waals surface area contributed by atoms with Gasteiger partial charge in [0.1, 0.15) is 0 Å². The average molecular weight is 290 g/mol. The highest BCUT2D eigenvalue weighted by Crippen LogP contribution is 2.31. The van der Waals surface area contributed by atoms with E-state index in [1.807, 2.05) is 13.8 Å². The SMILES string of the molecule is CC(C)C(=O)[C@@H]1C[C@@H](CCCSS)CN1C(C)C. The van der Waals surface area contributed by atoms with Gasteiger partial charge in [0.05, 0.1) is 6.04 Å². The Balaban J connectivity index is 2.57. The normalized spacial score (nSPS) is 25.3. The molecule has 4 heteroatoms. The standard InChI is InChI=1S/C14H27NOS2/c1-10(2)14(16)13-8-12(6-5-7-18-17)9-15(13)11(3)4/h10-13,17H,5-9H2,1-4H3/t12-,13+/m1/s1. The monoisotopic (exact) mass is 289 g/mol. The molecule has 1 aliphatic heterocycles. The van der Waals surface area contributed by atoms with E-state index in [-0.39, 0.29) is 12.0 Å². The second-order valence-corrected chi connectivity index (χ2v) is 7.38. The first-order valence-electron chi connectivity index (χ1n) is 7.03. The molecule has 0 saturated carbocycles. The Bertz CT molecular complexity index is 269. The molecule has 0 aromatic heterocycles. The minimum atomic E-state index is 0.156. The predicted octanol–water partition coefficient (Wildman–Crippen LogP) is 3.67. The van der Waals surface area contributed by atoms with Gasteiger partial charge in [0.2, 0.25) is 0 Å². The fraction of sp³-hybridized carbons (Fsp3) is 0.929. The van der Waals surface area contributed by atoms with Crippen molar-refractivity contribution in [3.63, 3.8) is 0 Å². The number of likely N-dealkylation sites (tertiary alicyclic amines) is 1. The van der Waals surface area contributed by atoms with Gasteiger partial charge in [-0.3, -0.25) is 9.69 Å². The second kappa shape index (κ2) is 7.81. The Hall–Kier alpha value is 0.330. The van der Waals surface area contributed by atoms with E-state index in [2.05, 4.69) is 30.4 Å². The molecule has 0 bridgehead atoms. The van der Waals surface area contributed by atoms with Crippen molar-refractivity contribution < 1.29 is 4.79 Å². The summed E-state index contributed by atoms with van der Waals surface area (Å²) in [5.74, 6) is 2.39. The Kier molecular flexibility index (Phi) is 7.11. The maximum atomic E-state index is 12.3. The number of thiol groups is 1. The molecule has 0 spiro atoms. The lowest BCUT2D eigenvalue weighted by molar-refractivity contribution is -0.126. The predicted molar refractivity (Wildman–Crippen MR) is 84.3 cm³/mol. The first kappa shape index (κ1) is 16.4. The summed E-state index contributed by atoms with van der Waals surface area (Å²) in [5, 5.41) is 0. The van der Waals surface area contributed by atoms with Gasteiger partial charge in [0.25, 0.3) is 0 Å². The van der Waals surface area contributed by atoms with Crippen molar-refractivity contribution in [1.82, 2.24) is 4.90 Å². The molecule has 0 N–H and O–H groups in total. The molecule has 1 saturated heterocycles. The van der Waals surface area contributed by atoms with Crippen LogP contribution in [0.15, 0.2) is 0 Å². The highest BCUT2D eigenvalue weighted by atomic mass is 33.1. The molecule has 1 rings (SSSR count). The summed E-state index contributed by atoms with van der Waals surface area (Å²) in [6, 6.07) is 0.639. The number of carbonyl (C=O) groups is 1. The molecule has 0 amide bonds. The molecule has 2 nitrogen and oxygen atoms in total. The molecule has 0 aliphatic carbocycles. The molecule has 1 heterocycles. The molecule has 1 fully saturated rings. The number of carbonyl (C=O) groups excluding carboxylic acids is 1. The van der Waals surface area contributed by atoms with Gasteiger partial charge in [0, 0.05) is 24.3 Å². The van der Waals surface area contributed by atoms with E-state index in [4.69, 9.17) is 0 Å². The van der Waals surface area contributed by atoms with E-state index in [1.54, 1.807) is 10.8 Å².